The molecule has 0 saturated heterocycles. The Morgan fingerprint density at radius 1 is 1.43 bits per heavy atom. The van der Waals surface area contributed by atoms with Crippen molar-refractivity contribution in [1.29, 1.82) is 0 Å². The molecule has 2 rings (SSSR count). The number of methoxy groups -OCH3 is 1. The lowest BCUT2D eigenvalue weighted by molar-refractivity contribution is -0.385. The zero-order chi connectivity index (χ0) is 15.4. The maximum atomic E-state index is 11.1. The zero-order valence-electron chi connectivity index (χ0n) is 11.7. The van der Waals surface area contributed by atoms with Gasteiger partial charge in [0.25, 0.3) is 5.69 Å². The minimum atomic E-state index is -0.485. The fourth-order valence-electron chi connectivity index (χ4n) is 1.82. The van der Waals surface area contributed by atoms with E-state index in [1.165, 1.54) is 30.6 Å². The normalized spacial score (nSPS) is 10.4. The molecule has 0 aliphatic rings. The van der Waals surface area contributed by atoms with Crippen LogP contribution in [-0.2, 0) is 13.2 Å². The van der Waals surface area contributed by atoms with E-state index in [9.17, 15) is 10.1 Å². The first-order chi connectivity index (χ1) is 10.0. The maximum absolute atomic E-state index is 11.1. The summed E-state index contributed by atoms with van der Waals surface area (Å²) in [6.07, 6.45) is 0. The molecule has 0 unspecified atom stereocenters. The Morgan fingerprint density at radius 2 is 2.19 bits per heavy atom. The number of aryl methyl sites for hydroxylation is 1. The van der Waals surface area contributed by atoms with E-state index in [1.54, 1.807) is 0 Å². The van der Waals surface area contributed by atoms with E-state index in [1.807, 2.05) is 12.3 Å². The Labute approximate surface area is 125 Å². The molecule has 1 aromatic heterocycles. The Balaban J connectivity index is 2.28. The standard InChI is InChI=1S/C13H15N3O4S/c1-8-15-10(7-21-8)6-20-13-4-11(16(17)18)9(5-14)3-12(13)19-2/h3-4,7H,5-6,14H2,1-2H3. The summed E-state index contributed by atoms with van der Waals surface area (Å²) in [4.78, 5) is 14.8. The van der Waals surface area contributed by atoms with E-state index in [2.05, 4.69) is 4.98 Å². The molecule has 0 radical (unpaired) electrons. The van der Waals surface area contributed by atoms with Gasteiger partial charge in [0, 0.05) is 17.5 Å². The molecule has 2 N–H and O–H groups in total. The van der Waals surface area contributed by atoms with Gasteiger partial charge >= 0.3 is 0 Å². The molecule has 8 heteroatoms. The van der Waals surface area contributed by atoms with Gasteiger partial charge < -0.3 is 15.2 Å². The minimum absolute atomic E-state index is 0.0538. The van der Waals surface area contributed by atoms with Crippen LogP contribution in [0.2, 0.25) is 0 Å². The van der Waals surface area contributed by atoms with E-state index in [-0.39, 0.29) is 18.8 Å². The number of ether oxygens (including phenoxy) is 2. The molecule has 0 bridgehead atoms. The average Bonchev–Trinajstić information content (AvgIpc) is 2.89. The molecule has 0 amide bonds. The van der Waals surface area contributed by atoms with Crippen molar-refractivity contribution in [2.45, 2.75) is 20.1 Å². The molecule has 1 aromatic carbocycles. The number of nitro benzene ring substituents is 1. The molecule has 0 saturated carbocycles. The van der Waals surface area contributed by atoms with Gasteiger partial charge in [0.2, 0.25) is 0 Å². The summed E-state index contributed by atoms with van der Waals surface area (Å²) in [6.45, 7) is 2.17. The molecule has 1 heterocycles. The predicted molar refractivity (Wildman–Crippen MR) is 78.7 cm³/mol. The molecule has 21 heavy (non-hydrogen) atoms. The quantitative estimate of drug-likeness (QED) is 0.649. The number of hydrogen-bond acceptors (Lipinski definition) is 7. The number of aromatic nitrogens is 1. The second-order valence-electron chi connectivity index (χ2n) is 4.24. The average molecular weight is 309 g/mol. The minimum Gasteiger partial charge on any atom is -0.493 e. The molecular formula is C13H15N3O4S. The topological polar surface area (TPSA) is 101 Å². The molecule has 7 nitrogen and oxygen atoms in total. The Bertz CT molecular complexity index is 657. The van der Waals surface area contributed by atoms with Crippen LogP contribution in [0.5, 0.6) is 11.5 Å². The third-order valence-corrected chi connectivity index (χ3v) is 3.65. The van der Waals surface area contributed by atoms with Gasteiger partial charge in [-0.05, 0) is 13.0 Å². The lowest BCUT2D eigenvalue weighted by Gasteiger charge is -2.11. The van der Waals surface area contributed by atoms with Gasteiger partial charge in [-0.25, -0.2) is 4.98 Å². The van der Waals surface area contributed by atoms with Crippen molar-refractivity contribution >= 4 is 17.0 Å². The Hall–Kier alpha value is -2.19. The number of hydrogen-bond donors (Lipinski definition) is 1. The van der Waals surface area contributed by atoms with Crippen molar-refractivity contribution in [2.24, 2.45) is 5.73 Å². The highest BCUT2D eigenvalue weighted by Crippen LogP contribution is 2.35. The van der Waals surface area contributed by atoms with Crippen molar-refractivity contribution in [3.8, 4) is 11.5 Å². The van der Waals surface area contributed by atoms with E-state index in [0.717, 1.165) is 10.7 Å². The fourth-order valence-corrected chi connectivity index (χ4v) is 2.42. The Kier molecular flexibility index (Phi) is 4.71. The van der Waals surface area contributed by atoms with Gasteiger partial charge in [-0.1, -0.05) is 0 Å². The first-order valence-corrected chi connectivity index (χ1v) is 7.02. The van der Waals surface area contributed by atoms with Crippen LogP contribution in [0, 0.1) is 17.0 Å². The number of nitrogens with zero attached hydrogens (tertiary/aromatic N) is 2. The van der Waals surface area contributed by atoms with Crippen molar-refractivity contribution in [3.05, 3.63) is 43.9 Å². The predicted octanol–water partition coefficient (Wildman–Crippen LogP) is 2.41. The number of rotatable bonds is 6. The molecule has 0 fully saturated rings. The van der Waals surface area contributed by atoms with Crippen molar-refractivity contribution in [1.82, 2.24) is 4.98 Å². The van der Waals surface area contributed by atoms with Gasteiger partial charge in [-0.2, -0.15) is 0 Å². The molecule has 112 valence electrons. The smallest absolute Gasteiger partial charge is 0.277 e. The van der Waals surface area contributed by atoms with E-state index >= 15 is 0 Å². The number of thiazole rings is 1. The lowest BCUT2D eigenvalue weighted by atomic mass is 10.1. The van der Waals surface area contributed by atoms with Gasteiger partial charge in [0.1, 0.15) is 6.61 Å². The van der Waals surface area contributed by atoms with Crippen LogP contribution in [-0.4, -0.2) is 17.0 Å². The third kappa shape index (κ3) is 3.47. The van der Waals surface area contributed by atoms with Crippen molar-refractivity contribution < 1.29 is 14.4 Å². The van der Waals surface area contributed by atoms with Crippen LogP contribution in [0.15, 0.2) is 17.5 Å². The van der Waals surface area contributed by atoms with E-state index < -0.39 is 4.92 Å². The van der Waals surface area contributed by atoms with Crippen molar-refractivity contribution in [3.63, 3.8) is 0 Å². The van der Waals surface area contributed by atoms with Gasteiger partial charge in [0.05, 0.1) is 28.8 Å². The first kappa shape index (κ1) is 15.2. The molecule has 0 atom stereocenters. The zero-order valence-corrected chi connectivity index (χ0v) is 12.5. The van der Waals surface area contributed by atoms with E-state index in [0.29, 0.717) is 17.1 Å². The SMILES string of the molecule is COc1cc(CN)c([N+](=O)[O-])cc1OCc1csc(C)n1. The highest BCUT2D eigenvalue weighted by molar-refractivity contribution is 7.09. The first-order valence-electron chi connectivity index (χ1n) is 6.14. The van der Waals surface area contributed by atoms with Crippen LogP contribution in [0.3, 0.4) is 0 Å². The second kappa shape index (κ2) is 6.51. The number of benzene rings is 1. The molecular weight excluding hydrogens is 294 g/mol. The summed E-state index contributed by atoms with van der Waals surface area (Å²) in [5.74, 6) is 0.708. The summed E-state index contributed by atoms with van der Waals surface area (Å²) in [5.41, 5.74) is 6.61. The number of nitro groups is 1. The van der Waals surface area contributed by atoms with Crippen LogP contribution >= 0.6 is 11.3 Å². The third-order valence-electron chi connectivity index (χ3n) is 2.82. The maximum Gasteiger partial charge on any atom is 0.277 e. The monoisotopic (exact) mass is 309 g/mol. The van der Waals surface area contributed by atoms with Crippen molar-refractivity contribution in [2.75, 3.05) is 7.11 Å². The lowest BCUT2D eigenvalue weighted by Crippen LogP contribution is -2.05. The van der Waals surface area contributed by atoms with Gasteiger partial charge in [-0.15, -0.1) is 11.3 Å². The van der Waals surface area contributed by atoms with E-state index in [4.69, 9.17) is 15.2 Å². The second-order valence-corrected chi connectivity index (χ2v) is 5.30. The van der Waals surface area contributed by atoms with Gasteiger partial charge in [-0.3, -0.25) is 10.1 Å². The van der Waals surface area contributed by atoms with Crippen LogP contribution in [0.1, 0.15) is 16.3 Å². The number of nitrogens with two attached hydrogens (primary N) is 1. The molecule has 0 aliphatic carbocycles. The van der Waals surface area contributed by atoms with Gasteiger partial charge in [0.15, 0.2) is 11.5 Å². The van der Waals surface area contributed by atoms with Crippen LogP contribution in [0.25, 0.3) is 0 Å². The summed E-state index contributed by atoms with van der Waals surface area (Å²) >= 11 is 1.52. The molecule has 0 aliphatic heterocycles. The summed E-state index contributed by atoms with van der Waals surface area (Å²) in [5, 5.41) is 13.9. The van der Waals surface area contributed by atoms with Crippen LogP contribution < -0.4 is 15.2 Å². The van der Waals surface area contributed by atoms with Crippen LogP contribution in [0.4, 0.5) is 5.69 Å². The Morgan fingerprint density at radius 3 is 2.71 bits per heavy atom. The highest BCUT2D eigenvalue weighted by Gasteiger charge is 2.19. The summed E-state index contributed by atoms with van der Waals surface area (Å²) < 4.78 is 10.8. The summed E-state index contributed by atoms with van der Waals surface area (Å²) in [6, 6.07) is 2.86. The highest BCUT2D eigenvalue weighted by atomic mass is 32.1. The largest absolute Gasteiger partial charge is 0.493 e. The fraction of sp³-hybridized carbons (Fsp3) is 0.308. The molecule has 2 aromatic rings. The molecule has 0 spiro atoms. The summed E-state index contributed by atoms with van der Waals surface area (Å²) in [7, 11) is 1.47.